The van der Waals surface area contributed by atoms with Gasteiger partial charge in [0.05, 0.1) is 11.7 Å². The minimum absolute atomic E-state index is 0.125. The SMILES string of the molecule is CCN(Cc1ccc(-n2ccc(NC(=O)N3CCN(C(=O)[C@@H](C)N)CC3)nc2=O)cc1)C1CCC(N)CC1. The number of nitrogens with zero attached hydrogens (tertiary/aromatic N) is 5. The van der Waals surface area contributed by atoms with E-state index in [1.54, 1.807) is 29.0 Å². The fourth-order valence-corrected chi connectivity index (χ4v) is 5.24. The Bertz CT molecular complexity index is 1150. The van der Waals surface area contributed by atoms with Crippen molar-refractivity contribution < 1.29 is 9.59 Å². The summed E-state index contributed by atoms with van der Waals surface area (Å²) < 4.78 is 1.46. The smallest absolute Gasteiger partial charge is 0.338 e. The fourth-order valence-electron chi connectivity index (χ4n) is 5.24. The van der Waals surface area contributed by atoms with E-state index < -0.39 is 11.7 Å². The van der Waals surface area contributed by atoms with Gasteiger partial charge in [0.25, 0.3) is 0 Å². The van der Waals surface area contributed by atoms with Crippen LogP contribution in [0.4, 0.5) is 10.6 Å². The topological polar surface area (TPSA) is 143 Å². The van der Waals surface area contributed by atoms with Crippen molar-refractivity contribution in [3.8, 4) is 5.69 Å². The fraction of sp³-hybridized carbons (Fsp3) is 0.556. The monoisotopic (exact) mass is 524 g/mol. The summed E-state index contributed by atoms with van der Waals surface area (Å²) >= 11 is 0. The highest BCUT2D eigenvalue weighted by Crippen LogP contribution is 2.24. The zero-order chi connectivity index (χ0) is 27.2. The Hall–Kier alpha value is -3.28. The number of nitrogens with one attached hydrogen (secondary N) is 1. The Morgan fingerprint density at radius 3 is 2.26 bits per heavy atom. The maximum Gasteiger partial charge on any atom is 0.354 e. The van der Waals surface area contributed by atoms with E-state index in [4.69, 9.17) is 11.5 Å². The van der Waals surface area contributed by atoms with E-state index in [9.17, 15) is 14.4 Å². The molecule has 0 spiro atoms. The molecule has 11 nitrogen and oxygen atoms in total. The molecule has 1 aromatic carbocycles. The molecule has 2 aromatic rings. The number of nitrogens with two attached hydrogens (primary N) is 2. The number of aromatic nitrogens is 2. The van der Waals surface area contributed by atoms with E-state index in [0.717, 1.165) is 38.8 Å². The van der Waals surface area contributed by atoms with E-state index in [1.807, 2.05) is 24.3 Å². The molecule has 0 radical (unpaired) electrons. The molecule has 3 amide bonds. The van der Waals surface area contributed by atoms with Gasteiger partial charge in [-0.15, -0.1) is 0 Å². The van der Waals surface area contributed by atoms with Crippen LogP contribution in [0, 0.1) is 0 Å². The number of urea groups is 1. The number of carbonyl (C=O) groups is 2. The number of rotatable bonds is 7. The van der Waals surface area contributed by atoms with Gasteiger partial charge >= 0.3 is 11.7 Å². The van der Waals surface area contributed by atoms with Crippen LogP contribution in [0.2, 0.25) is 0 Å². The number of hydrogen-bond donors (Lipinski definition) is 3. The lowest BCUT2D eigenvalue weighted by molar-refractivity contribution is -0.133. The second-order valence-corrected chi connectivity index (χ2v) is 10.3. The summed E-state index contributed by atoms with van der Waals surface area (Å²) in [5.41, 5.74) is 13.2. The van der Waals surface area contributed by atoms with Gasteiger partial charge in [0, 0.05) is 51.0 Å². The van der Waals surface area contributed by atoms with Gasteiger partial charge in [-0.2, -0.15) is 4.98 Å². The van der Waals surface area contributed by atoms with E-state index >= 15 is 0 Å². The van der Waals surface area contributed by atoms with Crippen LogP contribution in [0.15, 0.2) is 41.3 Å². The van der Waals surface area contributed by atoms with Gasteiger partial charge < -0.3 is 21.3 Å². The summed E-state index contributed by atoms with van der Waals surface area (Å²) in [7, 11) is 0. The van der Waals surface area contributed by atoms with E-state index in [2.05, 4.69) is 22.1 Å². The van der Waals surface area contributed by atoms with Crippen LogP contribution in [0.25, 0.3) is 5.69 Å². The predicted molar refractivity (Wildman–Crippen MR) is 147 cm³/mol. The van der Waals surface area contributed by atoms with Crippen molar-refractivity contribution in [2.45, 2.75) is 64.2 Å². The second kappa shape index (κ2) is 12.5. The van der Waals surface area contributed by atoms with Crippen LogP contribution in [-0.2, 0) is 11.3 Å². The quantitative estimate of drug-likeness (QED) is 0.496. The second-order valence-electron chi connectivity index (χ2n) is 10.3. The van der Waals surface area contributed by atoms with Gasteiger partial charge in [-0.05, 0) is 62.9 Å². The van der Waals surface area contributed by atoms with Gasteiger partial charge in [0.15, 0.2) is 0 Å². The minimum Gasteiger partial charge on any atom is -0.338 e. The van der Waals surface area contributed by atoms with E-state index in [-0.39, 0.29) is 17.8 Å². The van der Waals surface area contributed by atoms with Crippen LogP contribution < -0.4 is 22.5 Å². The van der Waals surface area contributed by atoms with Crippen molar-refractivity contribution in [3.05, 3.63) is 52.6 Å². The van der Waals surface area contributed by atoms with Crippen LogP contribution >= 0.6 is 0 Å². The molecule has 11 heteroatoms. The van der Waals surface area contributed by atoms with Crippen molar-refractivity contribution in [2.24, 2.45) is 11.5 Å². The summed E-state index contributed by atoms with van der Waals surface area (Å²) in [6, 6.07) is 9.53. The molecule has 5 N–H and O–H groups in total. The Morgan fingerprint density at radius 1 is 1.05 bits per heavy atom. The molecule has 38 heavy (non-hydrogen) atoms. The highest BCUT2D eigenvalue weighted by Gasteiger charge is 2.26. The number of carbonyl (C=O) groups excluding carboxylic acids is 2. The molecule has 0 unspecified atom stereocenters. The summed E-state index contributed by atoms with van der Waals surface area (Å²) in [6.45, 7) is 7.31. The highest BCUT2D eigenvalue weighted by atomic mass is 16.2. The molecular weight excluding hydrogens is 484 g/mol. The zero-order valence-corrected chi connectivity index (χ0v) is 22.4. The minimum atomic E-state index is -0.560. The van der Waals surface area contributed by atoms with Crippen molar-refractivity contribution in [2.75, 3.05) is 38.0 Å². The van der Waals surface area contributed by atoms with Crippen molar-refractivity contribution in [3.63, 3.8) is 0 Å². The normalized spacial score (nSPS) is 20.9. The summed E-state index contributed by atoms with van der Waals surface area (Å²) in [5.74, 6) is 0.0632. The first-order chi connectivity index (χ1) is 18.2. The molecule has 1 aliphatic heterocycles. The maximum atomic E-state index is 12.7. The largest absolute Gasteiger partial charge is 0.354 e. The number of anilines is 1. The molecule has 1 saturated carbocycles. The Morgan fingerprint density at radius 2 is 1.68 bits per heavy atom. The van der Waals surface area contributed by atoms with Crippen LogP contribution in [0.3, 0.4) is 0 Å². The summed E-state index contributed by atoms with van der Waals surface area (Å²) in [5, 5.41) is 2.69. The van der Waals surface area contributed by atoms with Crippen LogP contribution in [-0.4, -0.2) is 87.0 Å². The lowest BCUT2D eigenvalue weighted by Gasteiger charge is -2.35. The summed E-state index contributed by atoms with van der Waals surface area (Å²) in [6.07, 6.45) is 6.06. The lowest BCUT2D eigenvalue weighted by atomic mass is 9.90. The molecule has 2 aliphatic rings. The Labute approximate surface area is 223 Å². The number of piperazine rings is 1. The number of amides is 3. The number of hydrogen-bond acceptors (Lipinski definition) is 7. The van der Waals surface area contributed by atoms with Gasteiger partial charge in [-0.3, -0.25) is 19.6 Å². The average molecular weight is 525 g/mol. The molecule has 4 rings (SSSR count). The Kier molecular flexibility index (Phi) is 9.13. The summed E-state index contributed by atoms with van der Waals surface area (Å²) in [4.78, 5) is 47.2. The van der Waals surface area contributed by atoms with E-state index in [1.165, 1.54) is 10.1 Å². The molecule has 1 aromatic heterocycles. The van der Waals surface area contributed by atoms with Gasteiger partial charge in [0.2, 0.25) is 5.91 Å². The van der Waals surface area contributed by atoms with Crippen LogP contribution in [0.1, 0.15) is 45.1 Å². The Balaban J connectivity index is 1.33. The highest BCUT2D eigenvalue weighted by molar-refractivity contribution is 5.88. The predicted octanol–water partition coefficient (Wildman–Crippen LogP) is 1.35. The van der Waals surface area contributed by atoms with Crippen molar-refractivity contribution in [1.29, 1.82) is 0 Å². The maximum absolute atomic E-state index is 12.7. The molecule has 1 atom stereocenters. The van der Waals surface area contributed by atoms with Gasteiger partial charge in [-0.1, -0.05) is 19.1 Å². The lowest BCUT2D eigenvalue weighted by Crippen LogP contribution is -2.54. The number of benzene rings is 1. The van der Waals surface area contributed by atoms with Gasteiger partial charge in [0.1, 0.15) is 5.82 Å². The molecule has 1 aliphatic carbocycles. The molecule has 2 heterocycles. The first-order valence-electron chi connectivity index (χ1n) is 13.5. The third kappa shape index (κ3) is 6.77. The zero-order valence-electron chi connectivity index (χ0n) is 22.4. The molecule has 2 fully saturated rings. The standard InChI is InChI=1S/C27H40N8O3/c1-3-32(22-10-6-21(29)7-11-22)18-20-4-8-23(9-5-20)35-13-12-24(31-27(35)38)30-26(37)34-16-14-33(15-17-34)25(36)19(2)28/h4-5,8-9,12-13,19,21-22H,3,6-7,10-11,14-18,28-29H2,1-2H3,(H,30,31,37,38)/t19-,21?,22?/m1/s1. The molecular formula is C27H40N8O3. The third-order valence-corrected chi connectivity index (χ3v) is 7.57. The molecule has 206 valence electrons. The van der Waals surface area contributed by atoms with E-state index in [0.29, 0.717) is 44.0 Å². The first kappa shape index (κ1) is 27.7. The van der Waals surface area contributed by atoms with Gasteiger partial charge in [-0.25, -0.2) is 9.59 Å². The molecule has 1 saturated heterocycles. The molecule has 0 bridgehead atoms. The van der Waals surface area contributed by atoms with Crippen molar-refractivity contribution in [1.82, 2.24) is 24.3 Å². The van der Waals surface area contributed by atoms with Crippen molar-refractivity contribution >= 4 is 17.8 Å². The first-order valence-corrected chi connectivity index (χ1v) is 13.5. The van der Waals surface area contributed by atoms with Crippen LogP contribution in [0.5, 0.6) is 0 Å². The average Bonchev–Trinajstić information content (AvgIpc) is 2.92. The third-order valence-electron chi connectivity index (χ3n) is 7.57.